The number of piperidine rings is 1. The number of nitrogens with one attached hydrogen (secondary N) is 2. The van der Waals surface area contributed by atoms with Gasteiger partial charge in [-0.3, -0.25) is 14.5 Å². The molecular weight excluding hydrogens is 575 g/mol. The number of anilines is 3. The van der Waals surface area contributed by atoms with E-state index in [1.165, 1.54) is 24.3 Å². The highest BCUT2D eigenvalue weighted by molar-refractivity contribution is 7.92. The maximum atomic E-state index is 13.5. The average molecular weight is 609 g/mol. The Morgan fingerprint density at radius 1 is 1.05 bits per heavy atom. The molecule has 0 atom stereocenters. The molecule has 0 spiro atoms. The van der Waals surface area contributed by atoms with Crippen molar-refractivity contribution in [1.82, 2.24) is 15.0 Å². The fourth-order valence-electron chi connectivity index (χ4n) is 5.07. The van der Waals surface area contributed by atoms with Crippen molar-refractivity contribution < 1.29 is 26.9 Å². The van der Waals surface area contributed by atoms with E-state index >= 15 is 0 Å². The van der Waals surface area contributed by atoms with Crippen LogP contribution in [0.25, 0.3) is 0 Å². The minimum Gasteiger partial charge on any atom is -0.439 e. The van der Waals surface area contributed by atoms with Gasteiger partial charge >= 0.3 is 6.03 Å². The van der Waals surface area contributed by atoms with E-state index in [1.54, 1.807) is 48.4 Å². The Hall–Kier alpha value is -4.49. The first kappa shape index (κ1) is 30.0. The monoisotopic (exact) mass is 608 g/mol. The van der Waals surface area contributed by atoms with Crippen molar-refractivity contribution in [2.45, 2.75) is 39.3 Å². The fourth-order valence-corrected chi connectivity index (χ4v) is 5.64. The molecule has 0 unspecified atom stereocenters. The number of nitrogens with zero attached hydrogens (tertiary/aromatic N) is 4. The molecule has 2 amide bonds. The van der Waals surface area contributed by atoms with Crippen LogP contribution < -0.4 is 19.7 Å². The van der Waals surface area contributed by atoms with Crippen LogP contribution in [0.5, 0.6) is 11.6 Å². The molecule has 2 N–H and O–H groups in total. The van der Waals surface area contributed by atoms with Gasteiger partial charge in [0.05, 0.1) is 6.26 Å². The van der Waals surface area contributed by atoms with Gasteiger partial charge in [0.25, 0.3) is 0 Å². The van der Waals surface area contributed by atoms with Gasteiger partial charge in [0.2, 0.25) is 15.9 Å². The number of rotatable bonds is 9. The van der Waals surface area contributed by atoms with Crippen LogP contribution in [0.15, 0.2) is 71.4 Å². The lowest BCUT2D eigenvalue weighted by molar-refractivity contribution is 0.199. The molecule has 3 heterocycles. The molecule has 1 aliphatic heterocycles. The van der Waals surface area contributed by atoms with Crippen molar-refractivity contribution in [3.8, 4) is 11.6 Å². The van der Waals surface area contributed by atoms with E-state index in [2.05, 4.69) is 25.1 Å². The highest BCUT2D eigenvalue weighted by Gasteiger charge is 2.33. The maximum absolute atomic E-state index is 13.5. The number of carbonyl (C=O) groups excluding carboxylic acids is 1. The van der Waals surface area contributed by atoms with Gasteiger partial charge in [-0.25, -0.2) is 22.6 Å². The van der Waals surface area contributed by atoms with Crippen LogP contribution in [-0.2, 0) is 16.6 Å². The second-order valence-corrected chi connectivity index (χ2v) is 12.2. The normalized spacial score (nSPS) is 14.3. The van der Waals surface area contributed by atoms with Crippen molar-refractivity contribution >= 4 is 33.1 Å². The second kappa shape index (κ2) is 12.8. The van der Waals surface area contributed by atoms with Crippen LogP contribution in [0.4, 0.5) is 26.2 Å². The number of carbonyl (C=O) groups is 1. The van der Waals surface area contributed by atoms with E-state index < -0.39 is 10.0 Å². The topological polar surface area (TPSA) is 130 Å². The summed E-state index contributed by atoms with van der Waals surface area (Å²) in [5.41, 5.74) is 3.25. The van der Waals surface area contributed by atoms with Crippen LogP contribution in [0.1, 0.15) is 29.9 Å². The molecule has 2 aromatic heterocycles. The zero-order valence-corrected chi connectivity index (χ0v) is 24.9. The van der Waals surface area contributed by atoms with Crippen LogP contribution in [0, 0.1) is 19.7 Å². The molecular formula is C30H33FN6O5S. The Bertz CT molecular complexity index is 1630. The number of ether oxygens (including phenoxy) is 1. The smallest absolute Gasteiger partial charge is 0.326 e. The predicted molar refractivity (Wildman–Crippen MR) is 161 cm³/mol. The number of aryl methyl sites for hydroxylation is 2. The zero-order chi connectivity index (χ0) is 30.6. The minimum atomic E-state index is -3.35. The third-order valence-corrected chi connectivity index (χ3v) is 7.66. The second-order valence-electron chi connectivity index (χ2n) is 10.5. The number of hydrogen-bond acceptors (Lipinski definition) is 8. The number of likely N-dealkylation sites (tertiary alicyclic amines) is 1. The van der Waals surface area contributed by atoms with E-state index in [0.717, 1.165) is 37.8 Å². The number of aromatic nitrogens is 2. The number of halogens is 1. The number of pyridine rings is 1. The maximum Gasteiger partial charge on any atom is 0.326 e. The molecule has 0 radical (unpaired) electrons. The summed E-state index contributed by atoms with van der Waals surface area (Å²) in [4.78, 5) is 22.0. The summed E-state index contributed by atoms with van der Waals surface area (Å²) in [7, 11) is -3.35. The van der Waals surface area contributed by atoms with Gasteiger partial charge in [0.1, 0.15) is 22.9 Å². The third kappa shape index (κ3) is 7.87. The van der Waals surface area contributed by atoms with E-state index in [9.17, 15) is 17.6 Å². The molecule has 226 valence electrons. The standard InChI is InChI=1S/C30H33FN6O5S/c1-20-29(21(2)42-34-20)37(30(38)33-24-7-5-23(31)6-8-24)26-14-16-36(17-15-26)19-22-4-13-28(32-18-22)41-27-11-9-25(10-12-27)35-43(3,39)40/h4-13,18,26,35H,14-17,19H2,1-3H3,(H,33,38). The number of sulfonamides is 1. The van der Waals surface area contributed by atoms with E-state index in [4.69, 9.17) is 9.26 Å². The van der Waals surface area contributed by atoms with Gasteiger partial charge in [-0.1, -0.05) is 11.2 Å². The number of benzene rings is 2. The lowest BCUT2D eigenvalue weighted by atomic mass is 10.0. The van der Waals surface area contributed by atoms with E-state index in [-0.39, 0.29) is 17.9 Å². The largest absolute Gasteiger partial charge is 0.439 e. The highest BCUT2D eigenvalue weighted by atomic mass is 32.2. The van der Waals surface area contributed by atoms with Crippen molar-refractivity contribution in [2.75, 3.05) is 34.3 Å². The molecule has 1 aliphatic rings. The van der Waals surface area contributed by atoms with Crippen molar-refractivity contribution in [1.29, 1.82) is 0 Å². The van der Waals surface area contributed by atoms with Gasteiger partial charge in [-0.15, -0.1) is 0 Å². The van der Waals surface area contributed by atoms with Gasteiger partial charge < -0.3 is 14.6 Å². The first-order chi connectivity index (χ1) is 20.5. The van der Waals surface area contributed by atoms with Gasteiger partial charge in [0, 0.05) is 49.3 Å². The van der Waals surface area contributed by atoms with Crippen LogP contribution >= 0.6 is 0 Å². The molecule has 13 heteroatoms. The molecule has 11 nitrogen and oxygen atoms in total. The van der Waals surface area contributed by atoms with E-state index in [1.807, 2.05) is 13.0 Å². The highest BCUT2D eigenvalue weighted by Crippen LogP contribution is 2.31. The summed E-state index contributed by atoms with van der Waals surface area (Å²) in [6, 6.07) is 15.6. The van der Waals surface area contributed by atoms with E-state index in [0.29, 0.717) is 46.7 Å². The Balaban J connectivity index is 1.18. The molecule has 1 saturated heterocycles. The predicted octanol–water partition coefficient (Wildman–Crippen LogP) is 5.69. The number of hydrogen-bond donors (Lipinski definition) is 2. The lowest BCUT2D eigenvalue weighted by Crippen LogP contribution is -2.49. The van der Waals surface area contributed by atoms with Gasteiger partial charge in [-0.05, 0) is 80.8 Å². The van der Waals surface area contributed by atoms with Crippen LogP contribution in [0.2, 0.25) is 0 Å². The molecule has 43 heavy (non-hydrogen) atoms. The quantitative estimate of drug-likeness (QED) is 0.248. The summed E-state index contributed by atoms with van der Waals surface area (Å²) in [5, 5.41) is 6.94. The molecule has 1 fully saturated rings. The lowest BCUT2D eigenvalue weighted by Gasteiger charge is -2.38. The van der Waals surface area contributed by atoms with Crippen molar-refractivity contribution in [3.63, 3.8) is 0 Å². The average Bonchev–Trinajstić information content (AvgIpc) is 3.30. The van der Waals surface area contributed by atoms with Crippen molar-refractivity contribution in [3.05, 3.63) is 89.7 Å². The first-order valence-corrected chi connectivity index (χ1v) is 15.6. The SMILES string of the molecule is Cc1noc(C)c1N(C(=O)Nc1ccc(F)cc1)C1CCN(Cc2ccc(Oc3ccc(NS(C)(=O)=O)cc3)nc2)CC1. The fraction of sp³-hybridized carbons (Fsp3) is 0.300. The molecule has 5 rings (SSSR count). The van der Waals surface area contributed by atoms with Crippen molar-refractivity contribution in [2.24, 2.45) is 0 Å². The molecule has 0 aliphatic carbocycles. The number of amides is 2. The summed E-state index contributed by atoms with van der Waals surface area (Å²) in [6.45, 7) is 5.82. The third-order valence-electron chi connectivity index (χ3n) is 7.06. The number of urea groups is 1. The summed E-state index contributed by atoms with van der Waals surface area (Å²) in [5.74, 6) is 1.15. The Morgan fingerprint density at radius 2 is 1.72 bits per heavy atom. The van der Waals surface area contributed by atoms with Crippen LogP contribution in [-0.4, -0.2) is 54.9 Å². The molecule has 0 bridgehead atoms. The van der Waals surface area contributed by atoms with Crippen LogP contribution in [0.3, 0.4) is 0 Å². The Morgan fingerprint density at radius 3 is 2.30 bits per heavy atom. The Kier molecular flexibility index (Phi) is 8.92. The first-order valence-electron chi connectivity index (χ1n) is 13.8. The summed E-state index contributed by atoms with van der Waals surface area (Å²) in [6.07, 6.45) is 4.34. The van der Waals surface area contributed by atoms with Gasteiger partial charge in [-0.2, -0.15) is 0 Å². The Labute approximate surface area is 249 Å². The summed E-state index contributed by atoms with van der Waals surface area (Å²) < 4.78 is 49.7. The molecule has 0 saturated carbocycles. The minimum absolute atomic E-state index is 0.0820. The zero-order valence-electron chi connectivity index (χ0n) is 24.1. The molecule has 2 aromatic carbocycles. The van der Waals surface area contributed by atoms with Gasteiger partial charge in [0.15, 0.2) is 5.76 Å². The molecule has 4 aromatic rings. The summed E-state index contributed by atoms with van der Waals surface area (Å²) >= 11 is 0.